The molecule has 2 aliphatic heterocycles. The molecule has 0 N–H and O–H groups in total. The number of carbonyl (C=O) groups excluding carboxylic acids is 1. The van der Waals surface area contributed by atoms with E-state index in [4.69, 9.17) is 4.74 Å². The second-order valence-electron chi connectivity index (χ2n) is 6.48. The van der Waals surface area contributed by atoms with Crippen molar-refractivity contribution in [2.24, 2.45) is 0 Å². The smallest absolute Gasteiger partial charge is 0.284 e. The Labute approximate surface area is 145 Å². The maximum absolute atomic E-state index is 13.7. The maximum atomic E-state index is 13.7. The fourth-order valence-corrected chi connectivity index (χ4v) is 4.88. The number of amides is 1. The molecular weight excluding hydrogens is 354 g/mol. The van der Waals surface area contributed by atoms with E-state index in [0.29, 0.717) is 12.1 Å². The Hall–Kier alpha value is -1.58. The van der Waals surface area contributed by atoms with Gasteiger partial charge in [0, 0.05) is 25.2 Å². The Bertz CT molecular complexity index is 797. The zero-order chi connectivity index (χ0) is 18.4. The van der Waals surface area contributed by atoms with Crippen molar-refractivity contribution in [2.75, 3.05) is 31.2 Å². The molecule has 1 aromatic rings. The van der Waals surface area contributed by atoms with Gasteiger partial charge in [0.1, 0.15) is 6.61 Å². The van der Waals surface area contributed by atoms with Crippen molar-refractivity contribution in [1.82, 2.24) is 4.31 Å². The van der Waals surface area contributed by atoms with Crippen LogP contribution in [0.4, 0.5) is 14.5 Å². The Kier molecular flexibility index (Phi) is 4.59. The van der Waals surface area contributed by atoms with Crippen molar-refractivity contribution in [3.63, 3.8) is 0 Å². The molecule has 3 rings (SSSR count). The summed E-state index contributed by atoms with van der Waals surface area (Å²) in [6.07, 6.45) is 0.525. The number of hydrogen-bond donors (Lipinski definition) is 0. The number of sulfonamides is 1. The first-order valence-corrected chi connectivity index (χ1v) is 9.44. The number of fused-ring (bicyclic) bond motifs is 1. The van der Waals surface area contributed by atoms with Gasteiger partial charge in [-0.25, -0.2) is 17.2 Å². The Balaban J connectivity index is 1.94. The summed E-state index contributed by atoms with van der Waals surface area (Å²) in [6, 6.07) is 4.35. The van der Waals surface area contributed by atoms with Crippen LogP contribution in [0.3, 0.4) is 0 Å². The van der Waals surface area contributed by atoms with Crippen molar-refractivity contribution in [3.8, 4) is 0 Å². The molecule has 1 fully saturated rings. The average Bonchev–Trinajstić information content (AvgIpc) is 2.72. The molecule has 0 radical (unpaired) electrons. The molecule has 2 aliphatic rings. The van der Waals surface area contributed by atoms with Gasteiger partial charge in [-0.3, -0.25) is 4.79 Å². The highest BCUT2D eigenvalue weighted by Crippen LogP contribution is 2.35. The lowest BCUT2D eigenvalue weighted by molar-refractivity contribution is -0.116. The van der Waals surface area contributed by atoms with Gasteiger partial charge in [-0.05, 0) is 37.1 Å². The predicted molar refractivity (Wildman–Crippen MR) is 87.3 cm³/mol. The minimum Gasteiger partial charge on any atom is -0.374 e. The van der Waals surface area contributed by atoms with Crippen LogP contribution < -0.4 is 4.90 Å². The van der Waals surface area contributed by atoms with Crippen LogP contribution in [0.1, 0.15) is 19.4 Å². The first-order valence-electron chi connectivity index (χ1n) is 8.00. The molecule has 25 heavy (non-hydrogen) atoms. The van der Waals surface area contributed by atoms with E-state index in [2.05, 4.69) is 0 Å². The number of anilines is 1. The Morgan fingerprint density at radius 1 is 1.36 bits per heavy atom. The Morgan fingerprint density at radius 3 is 2.76 bits per heavy atom. The van der Waals surface area contributed by atoms with Crippen molar-refractivity contribution in [3.05, 3.63) is 23.8 Å². The molecule has 1 amide bonds. The number of rotatable bonds is 2. The summed E-state index contributed by atoms with van der Waals surface area (Å²) in [5.41, 5.74) is 1.39. The van der Waals surface area contributed by atoms with Crippen molar-refractivity contribution >= 4 is 21.6 Å². The van der Waals surface area contributed by atoms with E-state index in [9.17, 15) is 22.0 Å². The number of hydrogen-bond acceptors (Lipinski definition) is 4. The van der Waals surface area contributed by atoms with E-state index in [1.165, 1.54) is 19.1 Å². The van der Waals surface area contributed by atoms with E-state index in [0.717, 1.165) is 9.87 Å². The number of ether oxygens (including phenoxy) is 1. The van der Waals surface area contributed by atoms with Crippen LogP contribution in [0.5, 0.6) is 0 Å². The second-order valence-corrected chi connectivity index (χ2v) is 8.42. The van der Waals surface area contributed by atoms with E-state index in [1.807, 2.05) is 6.92 Å². The van der Waals surface area contributed by atoms with Gasteiger partial charge in [0.05, 0.1) is 18.0 Å². The van der Waals surface area contributed by atoms with E-state index in [1.54, 1.807) is 11.0 Å². The zero-order valence-electron chi connectivity index (χ0n) is 14.0. The first kappa shape index (κ1) is 18.2. The summed E-state index contributed by atoms with van der Waals surface area (Å²) in [4.78, 5) is 13.3. The third-order valence-electron chi connectivity index (χ3n) is 4.45. The highest BCUT2D eigenvalue weighted by molar-refractivity contribution is 7.89. The summed E-state index contributed by atoms with van der Waals surface area (Å²) < 4.78 is 58.5. The molecule has 0 saturated carbocycles. The van der Waals surface area contributed by atoms with Gasteiger partial charge in [-0.2, -0.15) is 4.31 Å². The number of halogens is 2. The molecular formula is C16H20F2N2O4S. The summed E-state index contributed by atoms with van der Waals surface area (Å²) in [7, 11) is -4.06. The monoisotopic (exact) mass is 374 g/mol. The highest BCUT2D eigenvalue weighted by Gasteiger charge is 2.40. The van der Waals surface area contributed by atoms with E-state index < -0.39 is 29.1 Å². The summed E-state index contributed by atoms with van der Waals surface area (Å²) >= 11 is 0. The van der Waals surface area contributed by atoms with Gasteiger partial charge < -0.3 is 9.64 Å². The van der Waals surface area contributed by atoms with Crippen LogP contribution in [-0.4, -0.2) is 56.9 Å². The molecule has 138 valence electrons. The van der Waals surface area contributed by atoms with E-state index in [-0.39, 0.29) is 30.0 Å². The summed E-state index contributed by atoms with van der Waals surface area (Å²) in [6.45, 7) is 1.45. The molecule has 2 heterocycles. The largest absolute Gasteiger partial charge is 0.374 e. The van der Waals surface area contributed by atoms with Crippen LogP contribution in [0.2, 0.25) is 0 Å². The number of alkyl halides is 2. The molecule has 9 heteroatoms. The van der Waals surface area contributed by atoms with Gasteiger partial charge in [0.2, 0.25) is 15.9 Å². The van der Waals surface area contributed by atoms with Gasteiger partial charge >= 0.3 is 0 Å². The first-order chi connectivity index (χ1) is 11.6. The minimum atomic E-state index is -4.06. The van der Waals surface area contributed by atoms with Crippen LogP contribution >= 0.6 is 0 Å². The van der Waals surface area contributed by atoms with Gasteiger partial charge in [0.15, 0.2) is 0 Å². The lowest BCUT2D eigenvalue weighted by Crippen LogP contribution is -2.41. The van der Waals surface area contributed by atoms with E-state index >= 15 is 0 Å². The van der Waals surface area contributed by atoms with Crippen molar-refractivity contribution in [1.29, 1.82) is 0 Å². The molecule has 1 atom stereocenters. The van der Waals surface area contributed by atoms with Crippen LogP contribution in [-0.2, 0) is 26.0 Å². The van der Waals surface area contributed by atoms with Crippen LogP contribution in [0, 0.1) is 0 Å². The fourth-order valence-electron chi connectivity index (χ4n) is 3.37. The molecule has 1 saturated heterocycles. The SMILES string of the molecule is CC(=O)N1c2ccc(S(=O)(=O)N3CCOCC(F)(F)C3)cc2CC1C. The van der Waals surface area contributed by atoms with Gasteiger partial charge in [-0.1, -0.05) is 0 Å². The molecule has 6 nitrogen and oxygen atoms in total. The fraction of sp³-hybridized carbons (Fsp3) is 0.562. The topological polar surface area (TPSA) is 66.9 Å². The highest BCUT2D eigenvalue weighted by atomic mass is 32.2. The van der Waals surface area contributed by atoms with Crippen molar-refractivity contribution < 1.29 is 26.7 Å². The second kappa shape index (κ2) is 6.30. The quantitative estimate of drug-likeness (QED) is 0.789. The number of benzene rings is 1. The predicted octanol–water partition coefficient (Wildman–Crippen LogP) is 1.64. The standard InChI is InChI=1S/C16H20F2N2O4S/c1-11-7-13-8-14(3-4-15(13)20(11)12(2)21)25(22,23)19-5-6-24-10-16(17,18)9-19/h3-4,8,11H,5-7,9-10H2,1-2H3. The lowest BCUT2D eigenvalue weighted by atomic mass is 10.1. The van der Waals surface area contributed by atoms with Crippen LogP contribution in [0.25, 0.3) is 0 Å². The van der Waals surface area contributed by atoms with Crippen LogP contribution in [0.15, 0.2) is 23.1 Å². The molecule has 0 spiro atoms. The molecule has 0 aliphatic carbocycles. The number of nitrogens with zero attached hydrogens (tertiary/aromatic N) is 2. The third-order valence-corrected chi connectivity index (χ3v) is 6.29. The normalized spacial score (nSPS) is 24.0. The van der Waals surface area contributed by atoms with Gasteiger partial charge in [-0.15, -0.1) is 0 Å². The number of carbonyl (C=O) groups is 1. The molecule has 0 aromatic heterocycles. The minimum absolute atomic E-state index is 0.0402. The maximum Gasteiger partial charge on any atom is 0.284 e. The summed E-state index contributed by atoms with van der Waals surface area (Å²) in [5, 5.41) is 0. The molecule has 1 unspecified atom stereocenters. The third kappa shape index (κ3) is 3.40. The molecule has 1 aromatic carbocycles. The summed E-state index contributed by atoms with van der Waals surface area (Å²) in [5.74, 6) is -3.34. The molecule has 0 bridgehead atoms. The Morgan fingerprint density at radius 2 is 2.08 bits per heavy atom. The lowest BCUT2D eigenvalue weighted by Gasteiger charge is -2.23. The van der Waals surface area contributed by atoms with Crippen molar-refractivity contribution in [2.45, 2.75) is 37.1 Å². The zero-order valence-corrected chi connectivity index (χ0v) is 14.9. The average molecular weight is 374 g/mol. The van der Waals surface area contributed by atoms with Gasteiger partial charge in [0.25, 0.3) is 5.92 Å².